The van der Waals surface area contributed by atoms with Crippen LogP contribution in [0, 0.1) is 23.4 Å². The largest absolute Gasteiger partial charge is 0.348 e. The highest BCUT2D eigenvalue weighted by atomic mass is 19.1. The summed E-state index contributed by atoms with van der Waals surface area (Å²) in [4.78, 5) is 0. The molecule has 1 heterocycles. The Morgan fingerprint density at radius 3 is 2.15 bits per heavy atom. The van der Waals surface area contributed by atoms with Crippen LogP contribution in [0.25, 0.3) is 11.1 Å². The summed E-state index contributed by atoms with van der Waals surface area (Å²) < 4.78 is 65.9. The first-order valence-electron chi connectivity index (χ1n) is 8.60. The molecule has 0 saturated carbocycles. The van der Waals surface area contributed by atoms with E-state index in [4.69, 9.17) is 9.47 Å². The van der Waals surface area contributed by atoms with Crippen LogP contribution >= 0.6 is 0 Å². The van der Waals surface area contributed by atoms with Gasteiger partial charge in [0.1, 0.15) is 24.1 Å². The molecule has 2 aromatic rings. The van der Waals surface area contributed by atoms with E-state index in [-0.39, 0.29) is 11.1 Å². The Bertz CT molecular complexity index is 747. The van der Waals surface area contributed by atoms with Gasteiger partial charge in [-0.15, -0.1) is 0 Å². The summed E-state index contributed by atoms with van der Waals surface area (Å²) in [6.45, 7) is 1.92. The van der Waals surface area contributed by atoms with E-state index in [9.17, 15) is 17.6 Å². The van der Waals surface area contributed by atoms with Crippen LogP contribution in [0.5, 0.6) is 0 Å². The quantitative estimate of drug-likeness (QED) is 0.630. The molecule has 0 radical (unpaired) electrons. The second-order valence-electron chi connectivity index (χ2n) is 6.44. The van der Waals surface area contributed by atoms with Crippen molar-refractivity contribution in [3.8, 4) is 11.1 Å². The number of halogens is 4. The molecule has 2 nitrogen and oxygen atoms in total. The van der Waals surface area contributed by atoms with Gasteiger partial charge < -0.3 is 9.47 Å². The van der Waals surface area contributed by atoms with E-state index < -0.39 is 36.0 Å². The molecule has 0 atom stereocenters. The molecule has 0 amide bonds. The van der Waals surface area contributed by atoms with Gasteiger partial charge in [-0.05, 0) is 30.2 Å². The molecule has 1 saturated heterocycles. The molecule has 1 aliphatic rings. The fourth-order valence-electron chi connectivity index (χ4n) is 3.11. The van der Waals surface area contributed by atoms with Crippen LogP contribution in [0.3, 0.4) is 0 Å². The SMILES string of the molecule is CCCC1COC(c2ccc(-c3cc(F)c(CF)c(F)c3)c(F)c2)OC1. The van der Waals surface area contributed by atoms with Gasteiger partial charge in [0.25, 0.3) is 0 Å². The van der Waals surface area contributed by atoms with Crippen LogP contribution in [-0.2, 0) is 16.1 Å². The number of ether oxygens (including phenoxy) is 2. The summed E-state index contributed by atoms with van der Waals surface area (Å²) in [5.41, 5.74) is -0.120. The molecule has 1 aliphatic heterocycles. The molecule has 26 heavy (non-hydrogen) atoms. The molecule has 0 unspecified atom stereocenters. The number of benzene rings is 2. The van der Waals surface area contributed by atoms with E-state index in [2.05, 4.69) is 6.92 Å². The third-order valence-electron chi connectivity index (χ3n) is 4.51. The zero-order valence-corrected chi connectivity index (χ0v) is 14.4. The summed E-state index contributed by atoms with van der Waals surface area (Å²) in [6, 6.07) is 6.11. The number of hydrogen-bond donors (Lipinski definition) is 0. The molecule has 0 aliphatic carbocycles. The lowest BCUT2D eigenvalue weighted by molar-refractivity contribution is -0.206. The lowest BCUT2D eigenvalue weighted by Crippen LogP contribution is -2.27. The van der Waals surface area contributed by atoms with Gasteiger partial charge in [-0.2, -0.15) is 0 Å². The Morgan fingerprint density at radius 1 is 0.962 bits per heavy atom. The zero-order chi connectivity index (χ0) is 18.7. The average molecular weight is 368 g/mol. The maximum absolute atomic E-state index is 14.5. The Kier molecular flexibility index (Phi) is 5.94. The average Bonchev–Trinajstić information content (AvgIpc) is 2.62. The molecular weight excluding hydrogens is 348 g/mol. The lowest BCUT2D eigenvalue weighted by atomic mass is 10.0. The van der Waals surface area contributed by atoms with Crippen LogP contribution in [0.2, 0.25) is 0 Å². The summed E-state index contributed by atoms with van der Waals surface area (Å²) in [6.07, 6.45) is 1.39. The van der Waals surface area contributed by atoms with Gasteiger partial charge in [-0.3, -0.25) is 0 Å². The Morgan fingerprint density at radius 2 is 1.62 bits per heavy atom. The minimum Gasteiger partial charge on any atom is -0.348 e. The summed E-state index contributed by atoms with van der Waals surface area (Å²) in [5.74, 6) is -2.39. The van der Waals surface area contributed by atoms with Crippen molar-refractivity contribution in [2.45, 2.75) is 32.7 Å². The lowest BCUT2D eigenvalue weighted by Gasteiger charge is -2.29. The maximum atomic E-state index is 14.5. The topological polar surface area (TPSA) is 18.5 Å². The van der Waals surface area contributed by atoms with Crippen molar-refractivity contribution >= 4 is 0 Å². The first-order valence-corrected chi connectivity index (χ1v) is 8.60. The smallest absolute Gasteiger partial charge is 0.183 e. The second kappa shape index (κ2) is 8.18. The fraction of sp³-hybridized carbons (Fsp3) is 0.400. The highest BCUT2D eigenvalue weighted by Crippen LogP contribution is 2.32. The molecule has 0 spiro atoms. The monoisotopic (exact) mass is 368 g/mol. The van der Waals surface area contributed by atoms with Gasteiger partial charge >= 0.3 is 0 Å². The molecular formula is C20H20F4O2. The van der Waals surface area contributed by atoms with Crippen LogP contribution in [0.4, 0.5) is 17.6 Å². The van der Waals surface area contributed by atoms with Crippen LogP contribution in [-0.4, -0.2) is 13.2 Å². The normalized spacial score (nSPS) is 20.3. The van der Waals surface area contributed by atoms with E-state index >= 15 is 0 Å². The first-order chi connectivity index (χ1) is 12.5. The highest BCUT2D eigenvalue weighted by molar-refractivity contribution is 5.65. The van der Waals surface area contributed by atoms with Crippen molar-refractivity contribution in [1.82, 2.24) is 0 Å². The predicted molar refractivity (Wildman–Crippen MR) is 89.6 cm³/mol. The zero-order valence-electron chi connectivity index (χ0n) is 14.4. The molecule has 2 aromatic carbocycles. The first kappa shape index (κ1) is 18.9. The minimum atomic E-state index is -1.26. The third kappa shape index (κ3) is 3.91. The molecule has 3 rings (SSSR count). The molecule has 6 heteroatoms. The van der Waals surface area contributed by atoms with Crippen LogP contribution in [0.1, 0.15) is 37.2 Å². The minimum absolute atomic E-state index is 0.00902. The molecule has 1 fully saturated rings. The van der Waals surface area contributed by atoms with Gasteiger partial charge in [0, 0.05) is 17.0 Å². The van der Waals surface area contributed by atoms with Crippen LogP contribution in [0.15, 0.2) is 30.3 Å². The maximum Gasteiger partial charge on any atom is 0.183 e. The van der Waals surface area contributed by atoms with Gasteiger partial charge in [0.2, 0.25) is 0 Å². The summed E-state index contributed by atoms with van der Waals surface area (Å²) in [5, 5.41) is 0. The van der Waals surface area contributed by atoms with Crippen molar-refractivity contribution in [3.63, 3.8) is 0 Å². The van der Waals surface area contributed by atoms with Crippen molar-refractivity contribution in [2.75, 3.05) is 13.2 Å². The van der Waals surface area contributed by atoms with Gasteiger partial charge in [0.15, 0.2) is 6.29 Å². The van der Waals surface area contributed by atoms with Crippen LogP contribution < -0.4 is 0 Å². The van der Waals surface area contributed by atoms with Gasteiger partial charge in [-0.25, -0.2) is 17.6 Å². The number of hydrogen-bond acceptors (Lipinski definition) is 2. The Balaban J connectivity index is 1.80. The standard InChI is InChI=1S/C20H20F4O2/c1-2-3-12-10-25-20(26-11-12)13-4-5-15(17(22)6-13)14-7-18(23)16(9-21)19(24)8-14/h4-8,12,20H,2-3,9-11H2,1H3. The van der Waals surface area contributed by atoms with Crippen molar-refractivity contribution in [2.24, 2.45) is 5.92 Å². The molecule has 0 bridgehead atoms. The summed E-state index contributed by atoms with van der Waals surface area (Å²) in [7, 11) is 0. The molecule has 0 aromatic heterocycles. The molecule has 140 valence electrons. The summed E-state index contributed by atoms with van der Waals surface area (Å²) >= 11 is 0. The molecule has 0 N–H and O–H groups in total. The number of alkyl halides is 1. The number of rotatable bonds is 5. The fourth-order valence-corrected chi connectivity index (χ4v) is 3.11. The van der Waals surface area contributed by atoms with Crippen molar-refractivity contribution < 1.29 is 27.0 Å². The second-order valence-corrected chi connectivity index (χ2v) is 6.44. The van der Waals surface area contributed by atoms with E-state index in [1.54, 1.807) is 6.07 Å². The van der Waals surface area contributed by atoms with Crippen molar-refractivity contribution in [1.29, 1.82) is 0 Å². The Labute approximate surface area is 149 Å². The van der Waals surface area contributed by atoms with E-state index in [0.717, 1.165) is 25.0 Å². The van der Waals surface area contributed by atoms with E-state index in [0.29, 0.717) is 24.7 Å². The highest BCUT2D eigenvalue weighted by Gasteiger charge is 2.24. The Hall–Kier alpha value is -1.92. The third-order valence-corrected chi connectivity index (χ3v) is 4.51. The predicted octanol–water partition coefficient (Wildman–Crippen LogP) is 5.70. The van der Waals surface area contributed by atoms with Gasteiger partial charge in [0.05, 0.1) is 18.8 Å². The van der Waals surface area contributed by atoms with E-state index in [1.807, 2.05) is 0 Å². The van der Waals surface area contributed by atoms with Crippen molar-refractivity contribution in [3.05, 3.63) is 58.9 Å². The van der Waals surface area contributed by atoms with E-state index in [1.165, 1.54) is 12.1 Å². The van der Waals surface area contributed by atoms with Gasteiger partial charge in [-0.1, -0.05) is 25.5 Å².